The number of hydrogen-bond acceptors (Lipinski definition) is 2. The molecule has 2 aromatic heterocycles. The summed E-state index contributed by atoms with van der Waals surface area (Å²) in [6.45, 7) is 3.96. The molecule has 1 saturated heterocycles. The van der Waals surface area contributed by atoms with Gasteiger partial charge in [-0.2, -0.15) is 13.2 Å². The van der Waals surface area contributed by atoms with E-state index in [-0.39, 0.29) is 0 Å². The number of halogens is 3. The molecule has 3 heterocycles. The van der Waals surface area contributed by atoms with Crippen LogP contribution >= 0.6 is 0 Å². The van der Waals surface area contributed by atoms with Gasteiger partial charge < -0.3 is 10.3 Å². The Morgan fingerprint density at radius 1 is 1.00 bits per heavy atom. The van der Waals surface area contributed by atoms with E-state index >= 15 is 0 Å². The molecule has 2 N–H and O–H groups in total. The number of benzene rings is 1. The molecule has 0 atom stereocenters. The van der Waals surface area contributed by atoms with E-state index in [1.165, 1.54) is 12.1 Å². The van der Waals surface area contributed by atoms with Gasteiger partial charge in [-0.1, -0.05) is 12.1 Å². The molecule has 1 aliphatic heterocycles. The fraction of sp³-hybridized carbons (Fsp3) is 0.318. The maximum Gasteiger partial charge on any atom is 0.416 e. The number of aromatic nitrogens is 2. The first-order valence-electron chi connectivity index (χ1n) is 9.46. The SMILES string of the molecule is Cc1c(C2CCNCC2)[nH]c(-c2cccc(C(F)(F)F)c2)c1-c1ccncc1. The van der Waals surface area contributed by atoms with E-state index in [1.807, 2.05) is 12.1 Å². The van der Waals surface area contributed by atoms with Crippen molar-refractivity contribution in [1.29, 1.82) is 0 Å². The zero-order chi connectivity index (χ0) is 19.7. The summed E-state index contributed by atoms with van der Waals surface area (Å²) in [5.41, 5.74) is 4.78. The van der Waals surface area contributed by atoms with Crippen LogP contribution in [-0.2, 0) is 6.18 Å². The van der Waals surface area contributed by atoms with Crippen LogP contribution in [0.5, 0.6) is 0 Å². The molecule has 1 fully saturated rings. The molecule has 146 valence electrons. The topological polar surface area (TPSA) is 40.7 Å². The van der Waals surface area contributed by atoms with E-state index in [1.54, 1.807) is 18.5 Å². The van der Waals surface area contributed by atoms with Gasteiger partial charge in [0.05, 0.1) is 11.3 Å². The second-order valence-corrected chi connectivity index (χ2v) is 7.25. The van der Waals surface area contributed by atoms with Crippen molar-refractivity contribution in [2.75, 3.05) is 13.1 Å². The van der Waals surface area contributed by atoms with Crippen molar-refractivity contribution >= 4 is 0 Å². The molecule has 1 aromatic carbocycles. The van der Waals surface area contributed by atoms with Crippen LogP contribution in [0.2, 0.25) is 0 Å². The summed E-state index contributed by atoms with van der Waals surface area (Å²) in [4.78, 5) is 7.58. The van der Waals surface area contributed by atoms with Crippen LogP contribution in [0.25, 0.3) is 22.4 Å². The smallest absolute Gasteiger partial charge is 0.357 e. The first-order valence-corrected chi connectivity index (χ1v) is 9.46. The van der Waals surface area contributed by atoms with Crippen LogP contribution in [0.4, 0.5) is 13.2 Å². The fourth-order valence-electron chi connectivity index (χ4n) is 4.08. The van der Waals surface area contributed by atoms with Crippen LogP contribution in [0.1, 0.15) is 35.6 Å². The van der Waals surface area contributed by atoms with Crippen LogP contribution in [0.15, 0.2) is 48.8 Å². The summed E-state index contributed by atoms with van der Waals surface area (Å²) < 4.78 is 39.8. The van der Waals surface area contributed by atoms with Gasteiger partial charge in [-0.05, 0) is 73.8 Å². The van der Waals surface area contributed by atoms with E-state index in [9.17, 15) is 13.2 Å². The fourth-order valence-corrected chi connectivity index (χ4v) is 4.08. The van der Waals surface area contributed by atoms with Gasteiger partial charge in [0.2, 0.25) is 0 Å². The second-order valence-electron chi connectivity index (χ2n) is 7.25. The number of piperidine rings is 1. The van der Waals surface area contributed by atoms with Gasteiger partial charge in [-0.3, -0.25) is 4.98 Å². The van der Waals surface area contributed by atoms with Crippen molar-refractivity contribution in [3.8, 4) is 22.4 Å². The Kier molecular flexibility index (Phi) is 4.98. The van der Waals surface area contributed by atoms with E-state index in [0.29, 0.717) is 11.5 Å². The lowest BCUT2D eigenvalue weighted by molar-refractivity contribution is -0.137. The minimum atomic E-state index is -4.37. The van der Waals surface area contributed by atoms with Gasteiger partial charge >= 0.3 is 6.18 Å². The Balaban J connectivity index is 1.88. The summed E-state index contributed by atoms with van der Waals surface area (Å²) >= 11 is 0. The van der Waals surface area contributed by atoms with Gasteiger partial charge in [0.25, 0.3) is 0 Å². The largest absolute Gasteiger partial charge is 0.416 e. The number of pyridine rings is 1. The molecule has 0 spiro atoms. The third kappa shape index (κ3) is 3.56. The predicted molar refractivity (Wildman–Crippen MR) is 104 cm³/mol. The van der Waals surface area contributed by atoms with Crippen LogP contribution < -0.4 is 5.32 Å². The lowest BCUT2D eigenvalue weighted by Gasteiger charge is -2.22. The number of alkyl halides is 3. The Hall–Kier alpha value is -2.60. The highest BCUT2D eigenvalue weighted by molar-refractivity contribution is 5.85. The highest BCUT2D eigenvalue weighted by atomic mass is 19.4. The molecule has 28 heavy (non-hydrogen) atoms. The number of H-pyrrole nitrogens is 1. The first kappa shape index (κ1) is 18.7. The summed E-state index contributed by atoms with van der Waals surface area (Å²) in [7, 11) is 0. The van der Waals surface area contributed by atoms with Crippen molar-refractivity contribution in [3.63, 3.8) is 0 Å². The van der Waals surface area contributed by atoms with Crippen LogP contribution in [-0.4, -0.2) is 23.1 Å². The molecule has 0 radical (unpaired) electrons. The zero-order valence-corrected chi connectivity index (χ0v) is 15.6. The molecular formula is C22H22F3N3. The van der Waals surface area contributed by atoms with Crippen molar-refractivity contribution in [1.82, 2.24) is 15.3 Å². The lowest BCUT2D eigenvalue weighted by Crippen LogP contribution is -2.27. The molecule has 3 nitrogen and oxygen atoms in total. The number of rotatable bonds is 3. The minimum Gasteiger partial charge on any atom is -0.357 e. The van der Waals surface area contributed by atoms with E-state index in [2.05, 4.69) is 22.2 Å². The van der Waals surface area contributed by atoms with Gasteiger partial charge in [-0.15, -0.1) is 0 Å². The quantitative estimate of drug-likeness (QED) is 0.622. The predicted octanol–water partition coefficient (Wildman–Crippen LogP) is 5.54. The summed E-state index contributed by atoms with van der Waals surface area (Å²) in [5, 5.41) is 3.37. The maximum atomic E-state index is 13.3. The van der Waals surface area contributed by atoms with E-state index in [0.717, 1.165) is 60.1 Å². The van der Waals surface area contributed by atoms with Gasteiger partial charge in [0.1, 0.15) is 0 Å². The monoisotopic (exact) mass is 385 g/mol. The average molecular weight is 385 g/mol. The molecule has 4 rings (SSSR count). The molecule has 3 aromatic rings. The zero-order valence-electron chi connectivity index (χ0n) is 15.6. The second kappa shape index (κ2) is 7.43. The molecular weight excluding hydrogens is 363 g/mol. The number of aromatic amines is 1. The molecule has 0 aliphatic carbocycles. The normalized spacial score (nSPS) is 15.7. The molecule has 1 aliphatic rings. The van der Waals surface area contributed by atoms with Gasteiger partial charge in [0, 0.05) is 29.6 Å². The van der Waals surface area contributed by atoms with Crippen molar-refractivity contribution in [2.45, 2.75) is 31.9 Å². The Labute approximate surface area is 162 Å². The number of hydrogen-bond donors (Lipinski definition) is 2. The van der Waals surface area contributed by atoms with E-state index < -0.39 is 11.7 Å². The van der Waals surface area contributed by atoms with Crippen molar-refractivity contribution < 1.29 is 13.2 Å². The van der Waals surface area contributed by atoms with E-state index in [4.69, 9.17) is 0 Å². The molecule has 0 saturated carbocycles. The summed E-state index contributed by atoms with van der Waals surface area (Å²) in [6, 6.07) is 9.34. The van der Waals surface area contributed by atoms with Crippen molar-refractivity contribution in [2.24, 2.45) is 0 Å². The average Bonchev–Trinajstić information content (AvgIpc) is 3.06. The Bertz CT molecular complexity index is 955. The minimum absolute atomic E-state index is 0.376. The third-order valence-corrected chi connectivity index (χ3v) is 5.48. The van der Waals surface area contributed by atoms with Crippen molar-refractivity contribution in [3.05, 3.63) is 65.6 Å². The number of nitrogens with zero attached hydrogens (tertiary/aromatic N) is 1. The number of nitrogens with one attached hydrogen (secondary N) is 2. The molecule has 0 amide bonds. The standard InChI is InChI=1S/C22H22F3N3/c1-14-19(15-5-9-26-10-6-15)21(28-20(14)16-7-11-27-12-8-16)17-3-2-4-18(13-17)22(23,24)25/h2-6,9-10,13,16,27-28H,7-8,11-12H2,1H3. The summed E-state index contributed by atoms with van der Waals surface area (Å²) in [6.07, 6.45) is 1.08. The summed E-state index contributed by atoms with van der Waals surface area (Å²) in [5.74, 6) is 0.376. The lowest BCUT2D eigenvalue weighted by atomic mass is 9.90. The van der Waals surface area contributed by atoms with Gasteiger partial charge in [0.15, 0.2) is 0 Å². The van der Waals surface area contributed by atoms with Gasteiger partial charge in [-0.25, -0.2) is 0 Å². The van der Waals surface area contributed by atoms with Crippen LogP contribution in [0.3, 0.4) is 0 Å². The highest BCUT2D eigenvalue weighted by Crippen LogP contribution is 2.41. The molecule has 0 bridgehead atoms. The van der Waals surface area contributed by atoms with Crippen LogP contribution in [0, 0.1) is 6.92 Å². The highest BCUT2D eigenvalue weighted by Gasteiger charge is 2.31. The third-order valence-electron chi connectivity index (χ3n) is 5.48. The Morgan fingerprint density at radius 2 is 1.71 bits per heavy atom. The first-order chi connectivity index (χ1) is 13.4. The maximum absolute atomic E-state index is 13.3. The molecule has 0 unspecified atom stereocenters. The molecule has 6 heteroatoms. The Morgan fingerprint density at radius 3 is 2.39 bits per heavy atom.